The van der Waals surface area contributed by atoms with Gasteiger partial charge in [0.1, 0.15) is 0 Å². The molecule has 0 aliphatic rings. The second kappa shape index (κ2) is 5.33. The van der Waals surface area contributed by atoms with Crippen molar-refractivity contribution in [2.24, 2.45) is 5.73 Å². The van der Waals surface area contributed by atoms with Crippen LogP contribution in [0.15, 0.2) is 30.3 Å². The standard InChI is InChI=1S/C10H14BrN/c11-10(7-4-8-12)9-5-2-1-3-6-9/h1-3,5-6,10H,4,7-8,12H2. The molecule has 0 fully saturated rings. The maximum atomic E-state index is 5.43. The summed E-state index contributed by atoms with van der Waals surface area (Å²) in [5.74, 6) is 0. The number of benzene rings is 1. The third kappa shape index (κ3) is 2.95. The van der Waals surface area contributed by atoms with Gasteiger partial charge in [0.15, 0.2) is 0 Å². The third-order valence-electron chi connectivity index (χ3n) is 1.82. The van der Waals surface area contributed by atoms with E-state index < -0.39 is 0 Å². The molecule has 0 aliphatic carbocycles. The molecule has 0 spiro atoms. The molecule has 1 aromatic rings. The number of rotatable bonds is 4. The molecule has 1 aromatic carbocycles. The Balaban J connectivity index is 2.48. The molecule has 66 valence electrons. The predicted molar refractivity (Wildman–Crippen MR) is 56.4 cm³/mol. The molecule has 0 heterocycles. The van der Waals surface area contributed by atoms with E-state index in [0.29, 0.717) is 4.83 Å². The lowest BCUT2D eigenvalue weighted by Crippen LogP contribution is -2.00. The highest BCUT2D eigenvalue weighted by Crippen LogP contribution is 2.26. The van der Waals surface area contributed by atoms with Crippen LogP contribution in [0, 0.1) is 0 Å². The largest absolute Gasteiger partial charge is 0.330 e. The van der Waals surface area contributed by atoms with Crippen molar-refractivity contribution in [1.29, 1.82) is 0 Å². The van der Waals surface area contributed by atoms with Crippen molar-refractivity contribution in [2.75, 3.05) is 6.54 Å². The summed E-state index contributed by atoms with van der Waals surface area (Å²) in [6.07, 6.45) is 2.19. The Labute approximate surface area is 82.1 Å². The molecule has 0 saturated carbocycles. The van der Waals surface area contributed by atoms with Crippen LogP contribution in [0.1, 0.15) is 23.2 Å². The molecule has 1 atom stereocenters. The van der Waals surface area contributed by atoms with Crippen LogP contribution in [0.4, 0.5) is 0 Å². The second-order valence-electron chi connectivity index (χ2n) is 2.81. The van der Waals surface area contributed by atoms with E-state index in [4.69, 9.17) is 5.73 Å². The maximum absolute atomic E-state index is 5.43. The van der Waals surface area contributed by atoms with Gasteiger partial charge >= 0.3 is 0 Å². The number of halogens is 1. The molecular weight excluding hydrogens is 214 g/mol. The smallest absolute Gasteiger partial charge is 0.0395 e. The molecule has 0 aliphatic heterocycles. The van der Waals surface area contributed by atoms with Crippen LogP contribution < -0.4 is 5.73 Å². The Morgan fingerprint density at radius 1 is 1.25 bits per heavy atom. The fourth-order valence-electron chi connectivity index (χ4n) is 1.13. The lowest BCUT2D eigenvalue weighted by Gasteiger charge is -2.08. The molecule has 0 amide bonds. The summed E-state index contributed by atoms with van der Waals surface area (Å²) in [6, 6.07) is 10.4. The van der Waals surface area contributed by atoms with Gasteiger partial charge in [-0.25, -0.2) is 0 Å². The van der Waals surface area contributed by atoms with E-state index in [2.05, 4.69) is 40.2 Å². The van der Waals surface area contributed by atoms with Crippen molar-refractivity contribution in [3.8, 4) is 0 Å². The first-order chi connectivity index (χ1) is 5.84. The molecule has 0 saturated heterocycles. The predicted octanol–water partition coefficient (Wildman–Crippen LogP) is 2.86. The van der Waals surface area contributed by atoms with Gasteiger partial charge in [-0.15, -0.1) is 0 Å². The van der Waals surface area contributed by atoms with E-state index in [1.807, 2.05) is 6.07 Å². The highest BCUT2D eigenvalue weighted by molar-refractivity contribution is 9.09. The van der Waals surface area contributed by atoms with Crippen molar-refractivity contribution >= 4 is 15.9 Å². The van der Waals surface area contributed by atoms with Crippen LogP contribution in [-0.4, -0.2) is 6.54 Å². The molecule has 2 N–H and O–H groups in total. The van der Waals surface area contributed by atoms with Gasteiger partial charge < -0.3 is 5.73 Å². The van der Waals surface area contributed by atoms with Crippen LogP contribution in [-0.2, 0) is 0 Å². The first kappa shape index (κ1) is 9.75. The Morgan fingerprint density at radius 2 is 1.92 bits per heavy atom. The van der Waals surface area contributed by atoms with Crippen molar-refractivity contribution < 1.29 is 0 Å². The quantitative estimate of drug-likeness (QED) is 0.788. The van der Waals surface area contributed by atoms with Gasteiger partial charge in [-0.3, -0.25) is 0 Å². The first-order valence-corrected chi connectivity index (χ1v) is 5.15. The van der Waals surface area contributed by atoms with Crippen molar-refractivity contribution in [3.05, 3.63) is 35.9 Å². The molecule has 1 rings (SSSR count). The monoisotopic (exact) mass is 227 g/mol. The zero-order valence-corrected chi connectivity index (χ0v) is 8.63. The molecule has 1 nitrogen and oxygen atoms in total. The van der Waals surface area contributed by atoms with Gasteiger partial charge in [-0.2, -0.15) is 0 Å². The summed E-state index contributed by atoms with van der Waals surface area (Å²) < 4.78 is 0. The second-order valence-corrected chi connectivity index (χ2v) is 3.91. The summed E-state index contributed by atoms with van der Waals surface area (Å²) >= 11 is 3.63. The van der Waals surface area contributed by atoms with Gasteiger partial charge in [0.25, 0.3) is 0 Å². The summed E-state index contributed by atoms with van der Waals surface area (Å²) in [5.41, 5.74) is 6.77. The summed E-state index contributed by atoms with van der Waals surface area (Å²) in [7, 11) is 0. The van der Waals surface area contributed by atoms with E-state index in [1.54, 1.807) is 0 Å². The minimum absolute atomic E-state index is 0.460. The lowest BCUT2D eigenvalue weighted by atomic mass is 10.1. The van der Waals surface area contributed by atoms with Crippen LogP contribution >= 0.6 is 15.9 Å². The van der Waals surface area contributed by atoms with Gasteiger partial charge in [0.2, 0.25) is 0 Å². The minimum atomic E-state index is 0.460. The zero-order valence-electron chi connectivity index (χ0n) is 7.04. The molecule has 2 heteroatoms. The van der Waals surface area contributed by atoms with E-state index in [9.17, 15) is 0 Å². The fourth-order valence-corrected chi connectivity index (χ4v) is 1.75. The van der Waals surface area contributed by atoms with Gasteiger partial charge in [-0.05, 0) is 24.9 Å². The highest BCUT2D eigenvalue weighted by atomic mass is 79.9. The van der Waals surface area contributed by atoms with E-state index in [0.717, 1.165) is 19.4 Å². The highest BCUT2D eigenvalue weighted by Gasteiger charge is 2.04. The summed E-state index contributed by atoms with van der Waals surface area (Å²) in [6.45, 7) is 0.773. The molecule has 0 radical (unpaired) electrons. The van der Waals surface area contributed by atoms with Crippen molar-refractivity contribution in [3.63, 3.8) is 0 Å². The Hall–Kier alpha value is -0.340. The van der Waals surface area contributed by atoms with Crippen LogP contribution in [0.5, 0.6) is 0 Å². The van der Waals surface area contributed by atoms with Crippen LogP contribution in [0.3, 0.4) is 0 Å². The van der Waals surface area contributed by atoms with E-state index >= 15 is 0 Å². The Morgan fingerprint density at radius 3 is 2.50 bits per heavy atom. The van der Waals surface area contributed by atoms with Crippen LogP contribution in [0.2, 0.25) is 0 Å². The average molecular weight is 228 g/mol. The van der Waals surface area contributed by atoms with Gasteiger partial charge in [0, 0.05) is 4.83 Å². The lowest BCUT2D eigenvalue weighted by molar-refractivity contribution is 0.740. The summed E-state index contributed by atoms with van der Waals surface area (Å²) in [4.78, 5) is 0.460. The van der Waals surface area contributed by atoms with Crippen LogP contribution in [0.25, 0.3) is 0 Å². The number of nitrogens with two attached hydrogens (primary N) is 1. The number of hydrogen-bond acceptors (Lipinski definition) is 1. The summed E-state index contributed by atoms with van der Waals surface area (Å²) in [5, 5.41) is 0. The van der Waals surface area contributed by atoms with E-state index in [-0.39, 0.29) is 0 Å². The zero-order chi connectivity index (χ0) is 8.81. The minimum Gasteiger partial charge on any atom is -0.330 e. The topological polar surface area (TPSA) is 26.0 Å². The molecule has 0 bridgehead atoms. The first-order valence-electron chi connectivity index (χ1n) is 4.23. The molecular formula is C10H14BrN. The average Bonchev–Trinajstić information content (AvgIpc) is 2.15. The van der Waals surface area contributed by atoms with Gasteiger partial charge in [-0.1, -0.05) is 46.3 Å². The Kier molecular flexibility index (Phi) is 4.33. The number of hydrogen-bond donors (Lipinski definition) is 1. The SMILES string of the molecule is NCCCC(Br)c1ccccc1. The fraction of sp³-hybridized carbons (Fsp3) is 0.400. The number of alkyl halides is 1. The molecule has 1 unspecified atom stereocenters. The molecule has 12 heavy (non-hydrogen) atoms. The van der Waals surface area contributed by atoms with E-state index in [1.165, 1.54) is 5.56 Å². The van der Waals surface area contributed by atoms with Crippen molar-refractivity contribution in [1.82, 2.24) is 0 Å². The molecule has 0 aromatic heterocycles. The van der Waals surface area contributed by atoms with Gasteiger partial charge in [0.05, 0.1) is 0 Å². The maximum Gasteiger partial charge on any atom is 0.0395 e. The van der Waals surface area contributed by atoms with Crippen molar-refractivity contribution in [2.45, 2.75) is 17.7 Å². The third-order valence-corrected chi connectivity index (χ3v) is 2.81. The Bertz CT molecular complexity index is 210. The normalized spacial score (nSPS) is 12.8.